The van der Waals surface area contributed by atoms with E-state index >= 15 is 0 Å². The summed E-state index contributed by atoms with van der Waals surface area (Å²) in [6, 6.07) is 9.09. The highest BCUT2D eigenvalue weighted by atomic mass is 35.5. The van der Waals surface area contributed by atoms with Crippen LogP contribution in [0.5, 0.6) is 0 Å². The minimum atomic E-state index is 0. The highest BCUT2D eigenvalue weighted by Gasteiger charge is 2.40. The van der Waals surface area contributed by atoms with Gasteiger partial charge in [0, 0.05) is 38.4 Å². The summed E-state index contributed by atoms with van der Waals surface area (Å²) < 4.78 is 0. The number of carbonyl (C=O) groups is 1. The van der Waals surface area contributed by atoms with Crippen molar-refractivity contribution >= 4 is 36.4 Å². The Morgan fingerprint density at radius 3 is 2.68 bits per heavy atom. The summed E-state index contributed by atoms with van der Waals surface area (Å²) in [5.41, 5.74) is 2.52. The summed E-state index contributed by atoms with van der Waals surface area (Å²) in [6.45, 7) is 2.46. The molecule has 4 nitrogen and oxygen atoms in total. The lowest BCUT2D eigenvalue weighted by molar-refractivity contribution is -0.133. The summed E-state index contributed by atoms with van der Waals surface area (Å²) in [7, 11) is 2.12. The van der Waals surface area contributed by atoms with Gasteiger partial charge in [-0.15, -0.1) is 24.8 Å². The average Bonchev–Trinajstić information content (AvgIpc) is 2.94. The Balaban J connectivity index is 0.00000113. The Labute approximate surface area is 163 Å². The highest BCUT2D eigenvalue weighted by molar-refractivity contribution is 5.85. The van der Waals surface area contributed by atoms with Crippen LogP contribution in [-0.4, -0.2) is 43.0 Å². The maximum absolute atomic E-state index is 13.1. The first-order valence-electron chi connectivity index (χ1n) is 9.06. The number of benzene rings is 1. The number of likely N-dealkylation sites (N-methyl/N-ethyl adjacent to an activating group) is 1. The van der Waals surface area contributed by atoms with Gasteiger partial charge >= 0.3 is 0 Å². The number of anilines is 1. The molecule has 1 saturated carbocycles. The molecule has 0 radical (unpaired) electrons. The predicted molar refractivity (Wildman–Crippen MR) is 107 cm³/mol. The van der Waals surface area contributed by atoms with Gasteiger partial charge in [0.1, 0.15) is 0 Å². The molecule has 140 valence electrons. The molecule has 0 spiro atoms. The number of rotatable bonds is 1. The third-order valence-electron chi connectivity index (χ3n) is 5.94. The Kier molecular flexibility index (Phi) is 7.01. The molecule has 0 aromatic heterocycles. The van der Waals surface area contributed by atoms with Crippen LogP contribution >= 0.6 is 24.8 Å². The van der Waals surface area contributed by atoms with E-state index < -0.39 is 0 Å². The monoisotopic (exact) mass is 385 g/mol. The fraction of sp³-hybridized carbons (Fsp3) is 0.632. The molecule has 2 aliphatic heterocycles. The molecule has 3 unspecified atom stereocenters. The standard InChI is InChI=1S/C19H27N3O.2ClH/c1-21-10-11-22(13-15-7-3-5-9-18(15)21)19(23)17-12-14-6-2-4-8-16(14)20-17;;/h3,5,7,9,14,16-17,20H,2,4,6,8,10-13H2,1H3;2*1H. The molecule has 1 amide bonds. The van der Waals surface area contributed by atoms with Gasteiger partial charge in [0.2, 0.25) is 5.91 Å². The molecule has 2 fully saturated rings. The molecule has 2 heterocycles. The van der Waals surface area contributed by atoms with E-state index in [0.29, 0.717) is 11.9 Å². The second kappa shape index (κ2) is 8.61. The van der Waals surface area contributed by atoms with Crippen LogP contribution in [0, 0.1) is 5.92 Å². The maximum Gasteiger partial charge on any atom is 0.240 e. The minimum Gasteiger partial charge on any atom is -0.373 e. The molecule has 0 bridgehead atoms. The van der Waals surface area contributed by atoms with Crippen molar-refractivity contribution in [2.45, 2.75) is 50.7 Å². The summed E-state index contributed by atoms with van der Waals surface area (Å²) in [6.07, 6.45) is 6.24. The highest BCUT2D eigenvalue weighted by Crippen LogP contribution is 2.34. The van der Waals surface area contributed by atoms with Crippen LogP contribution in [0.15, 0.2) is 24.3 Å². The van der Waals surface area contributed by atoms with E-state index in [1.54, 1.807) is 0 Å². The van der Waals surface area contributed by atoms with Crippen molar-refractivity contribution in [2.24, 2.45) is 5.92 Å². The van der Waals surface area contributed by atoms with Crippen LogP contribution in [0.1, 0.15) is 37.7 Å². The fourth-order valence-corrected chi connectivity index (χ4v) is 4.61. The summed E-state index contributed by atoms with van der Waals surface area (Å²) >= 11 is 0. The Morgan fingerprint density at radius 2 is 1.88 bits per heavy atom. The van der Waals surface area contributed by atoms with Crippen molar-refractivity contribution in [3.05, 3.63) is 29.8 Å². The van der Waals surface area contributed by atoms with Crippen LogP contribution in [0.25, 0.3) is 0 Å². The number of hydrogen-bond acceptors (Lipinski definition) is 3. The number of carbonyl (C=O) groups excluding carboxylic acids is 1. The molecule has 1 aromatic carbocycles. The third kappa shape index (κ3) is 4.07. The van der Waals surface area contributed by atoms with Gasteiger partial charge < -0.3 is 15.1 Å². The van der Waals surface area contributed by atoms with Crippen LogP contribution < -0.4 is 10.2 Å². The van der Waals surface area contributed by atoms with Gasteiger partial charge in [-0.05, 0) is 36.8 Å². The fourth-order valence-electron chi connectivity index (χ4n) is 4.61. The van der Waals surface area contributed by atoms with Crippen molar-refractivity contribution in [1.82, 2.24) is 10.2 Å². The number of hydrogen-bond donors (Lipinski definition) is 1. The first-order chi connectivity index (χ1) is 11.2. The lowest BCUT2D eigenvalue weighted by Crippen LogP contribution is -2.46. The number of halogens is 2. The number of para-hydroxylation sites is 1. The van der Waals surface area contributed by atoms with Crippen molar-refractivity contribution in [3.8, 4) is 0 Å². The van der Waals surface area contributed by atoms with E-state index in [1.807, 2.05) is 0 Å². The Morgan fingerprint density at radius 1 is 1.12 bits per heavy atom. The SMILES string of the molecule is CN1CCN(C(=O)C2CC3CCCCC3N2)Cc2ccccc21.Cl.Cl. The van der Waals surface area contributed by atoms with E-state index in [2.05, 4.69) is 46.4 Å². The van der Waals surface area contributed by atoms with Crippen LogP contribution in [-0.2, 0) is 11.3 Å². The smallest absolute Gasteiger partial charge is 0.240 e. The average molecular weight is 386 g/mol. The van der Waals surface area contributed by atoms with E-state index in [-0.39, 0.29) is 30.9 Å². The molecular formula is C19H29Cl2N3O. The van der Waals surface area contributed by atoms with Crippen molar-refractivity contribution in [3.63, 3.8) is 0 Å². The second-order valence-electron chi connectivity index (χ2n) is 7.42. The first kappa shape index (κ1) is 20.3. The van der Waals surface area contributed by atoms with Gasteiger partial charge in [-0.2, -0.15) is 0 Å². The molecule has 6 heteroatoms. The van der Waals surface area contributed by atoms with Crippen LogP contribution in [0.4, 0.5) is 5.69 Å². The number of fused-ring (bicyclic) bond motifs is 2. The van der Waals surface area contributed by atoms with Crippen LogP contribution in [0.3, 0.4) is 0 Å². The summed E-state index contributed by atoms with van der Waals surface area (Å²) in [5, 5.41) is 3.64. The minimum absolute atomic E-state index is 0. The van der Waals surface area contributed by atoms with E-state index in [9.17, 15) is 4.79 Å². The molecular weight excluding hydrogens is 357 g/mol. The second-order valence-corrected chi connectivity index (χ2v) is 7.42. The molecule has 1 aliphatic carbocycles. The Bertz CT molecular complexity index is 584. The van der Waals surface area contributed by atoms with Gasteiger partial charge in [0.15, 0.2) is 0 Å². The normalized spacial score (nSPS) is 28.1. The zero-order chi connectivity index (χ0) is 15.8. The molecule has 1 saturated heterocycles. The number of nitrogens with zero attached hydrogens (tertiary/aromatic N) is 2. The largest absolute Gasteiger partial charge is 0.373 e. The molecule has 3 aliphatic rings. The van der Waals surface area contributed by atoms with Gasteiger partial charge in [-0.25, -0.2) is 0 Å². The molecule has 3 atom stereocenters. The number of nitrogens with one attached hydrogen (secondary N) is 1. The zero-order valence-corrected chi connectivity index (χ0v) is 16.5. The lowest BCUT2D eigenvalue weighted by Gasteiger charge is -2.25. The third-order valence-corrected chi connectivity index (χ3v) is 5.94. The predicted octanol–water partition coefficient (Wildman–Crippen LogP) is 3.23. The summed E-state index contributed by atoms with van der Waals surface area (Å²) in [5.74, 6) is 1.03. The molecule has 1 N–H and O–H groups in total. The molecule has 1 aromatic rings. The van der Waals surface area contributed by atoms with E-state index in [1.165, 1.54) is 36.9 Å². The van der Waals surface area contributed by atoms with Gasteiger partial charge in [0.05, 0.1) is 6.04 Å². The number of amides is 1. The zero-order valence-electron chi connectivity index (χ0n) is 14.8. The summed E-state index contributed by atoms with van der Waals surface area (Å²) in [4.78, 5) is 17.4. The van der Waals surface area contributed by atoms with Gasteiger partial charge in [-0.1, -0.05) is 31.0 Å². The van der Waals surface area contributed by atoms with Crippen LogP contribution in [0.2, 0.25) is 0 Å². The van der Waals surface area contributed by atoms with Gasteiger partial charge in [0.25, 0.3) is 0 Å². The van der Waals surface area contributed by atoms with Gasteiger partial charge in [-0.3, -0.25) is 4.79 Å². The quantitative estimate of drug-likeness (QED) is 0.805. The maximum atomic E-state index is 13.1. The van der Waals surface area contributed by atoms with Crippen molar-refractivity contribution < 1.29 is 4.79 Å². The first-order valence-corrected chi connectivity index (χ1v) is 9.06. The van der Waals surface area contributed by atoms with Crippen molar-refractivity contribution in [2.75, 3.05) is 25.0 Å². The van der Waals surface area contributed by atoms with E-state index in [0.717, 1.165) is 32.0 Å². The topological polar surface area (TPSA) is 35.6 Å². The van der Waals surface area contributed by atoms with E-state index in [4.69, 9.17) is 0 Å². The molecule has 25 heavy (non-hydrogen) atoms. The molecule has 4 rings (SSSR count). The Hall–Kier alpha value is -0.970. The lowest BCUT2D eigenvalue weighted by atomic mass is 9.85. The van der Waals surface area contributed by atoms with Crippen molar-refractivity contribution in [1.29, 1.82) is 0 Å².